The standard InChI is InChI=1S/C29H25N3O2S2/c1-18-7-11-21(12-8-18)26-17-35-29(25(26)16-30)32-27(33)20(3)36-24-6-4-5-23(15-24)31-28(34)22-13-9-19(2)10-14-22/h4-15,17,20H,1-3H3,(H,31,34)(H,32,33). The number of amides is 2. The molecule has 0 radical (unpaired) electrons. The van der Waals surface area contributed by atoms with Gasteiger partial charge in [-0.3, -0.25) is 9.59 Å². The lowest BCUT2D eigenvalue weighted by atomic mass is 10.0. The van der Waals surface area contributed by atoms with E-state index in [0.717, 1.165) is 27.1 Å². The molecule has 0 spiro atoms. The van der Waals surface area contributed by atoms with Crippen LogP contribution < -0.4 is 10.6 Å². The number of aryl methyl sites for hydroxylation is 2. The third-order valence-corrected chi connectivity index (χ3v) is 7.58. The molecule has 4 aromatic rings. The van der Waals surface area contributed by atoms with Crippen LogP contribution in [-0.4, -0.2) is 17.1 Å². The Hall–Kier alpha value is -3.86. The molecule has 0 aliphatic rings. The molecule has 0 bridgehead atoms. The molecule has 0 aliphatic heterocycles. The third kappa shape index (κ3) is 6.03. The fourth-order valence-electron chi connectivity index (χ4n) is 3.53. The molecule has 1 unspecified atom stereocenters. The van der Waals surface area contributed by atoms with E-state index in [4.69, 9.17) is 0 Å². The number of thioether (sulfide) groups is 1. The Labute approximate surface area is 219 Å². The van der Waals surface area contributed by atoms with E-state index < -0.39 is 5.25 Å². The first-order chi connectivity index (χ1) is 17.3. The monoisotopic (exact) mass is 511 g/mol. The predicted octanol–water partition coefficient (Wildman–Crippen LogP) is 7.28. The van der Waals surface area contributed by atoms with Crippen LogP contribution in [0.4, 0.5) is 10.7 Å². The molecule has 2 N–H and O–H groups in total. The highest BCUT2D eigenvalue weighted by Gasteiger charge is 2.20. The van der Waals surface area contributed by atoms with Gasteiger partial charge in [0.15, 0.2) is 0 Å². The lowest BCUT2D eigenvalue weighted by Crippen LogP contribution is -2.22. The smallest absolute Gasteiger partial charge is 0.255 e. The molecule has 0 fully saturated rings. The number of nitrogens with one attached hydrogen (secondary N) is 2. The summed E-state index contributed by atoms with van der Waals surface area (Å²) < 4.78 is 0. The number of thiophene rings is 1. The predicted molar refractivity (Wildman–Crippen MR) is 149 cm³/mol. The van der Waals surface area contributed by atoms with Crippen LogP contribution in [0, 0.1) is 25.2 Å². The fraction of sp³-hybridized carbons (Fsp3) is 0.138. The van der Waals surface area contributed by atoms with Crippen molar-refractivity contribution >= 4 is 45.6 Å². The van der Waals surface area contributed by atoms with Gasteiger partial charge in [-0.05, 0) is 56.7 Å². The third-order valence-electron chi connectivity index (χ3n) is 5.59. The highest BCUT2D eigenvalue weighted by molar-refractivity contribution is 8.00. The summed E-state index contributed by atoms with van der Waals surface area (Å²) in [6.07, 6.45) is 0. The van der Waals surface area contributed by atoms with Crippen LogP contribution in [-0.2, 0) is 4.79 Å². The lowest BCUT2D eigenvalue weighted by molar-refractivity contribution is -0.115. The average Bonchev–Trinajstić information content (AvgIpc) is 3.27. The Kier molecular flexibility index (Phi) is 7.89. The number of rotatable bonds is 7. The van der Waals surface area contributed by atoms with Gasteiger partial charge in [0.25, 0.3) is 5.91 Å². The summed E-state index contributed by atoms with van der Waals surface area (Å²) in [5.74, 6) is -0.378. The van der Waals surface area contributed by atoms with Gasteiger partial charge in [-0.25, -0.2) is 0 Å². The molecule has 1 atom stereocenters. The lowest BCUT2D eigenvalue weighted by Gasteiger charge is -2.13. The van der Waals surface area contributed by atoms with Crippen molar-refractivity contribution in [2.75, 3.05) is 10.6 Å². The Morgan fingerprint density at radius 1 is 0.944 bits per heavy atom. The Bertz CT molecular complexity index is 1430. The van der Waals surface area contributed by atoms with Gasteiger partial charge >= 0.3 is 0 Å². The zero-order chi connectivity index (χ0) is 25.7. The van der Waals surface area contributed by atoms with Gasteiger partial charge < -0.3 is 10.6 Å². The van der Waals surface area contributed by atoms with Crippen molar-refractivity contribution in [2.24, 2.45) is 0 Å². The number of carbonyl (C=O) groups is 2. The average molecular weight is 512 g/mol. The maximum Gasteiger partial charge on any atom is 0.255 e. The number of benzene rings is 3. The summed E-state index contributed by atoms with van der Waals surface area (Å²) in [6, 6.07) is 25.0. The van der Waals surface area contributed by atoms with Crippen LogP contribution in [0.15, 0.2) is 83.1 Å². The number of hydrogen-bond acceptors (Lipinski definition) is 5. The molecule has 36 heavy (non-hydrogen) atoms. The van der Waals surface area contributed by atoms with E-state index in [9.17, 15) is 14.9 Å². The summed E-state index contributed by atoms with van der Waals surface area (Å²) in [4.78, 5) is 26.3. The molecular weight excluding hydrogens is 486 g/mol. The minimum atomic E-state index is -0.412. The van der Waals surface area contributed by atoms with E-state index >= 15 is 0 Å². The maximum absolute atomic E-state index is 12.9. The van der Waals surface area contributed by atoms with E-state index in [-0.39, 0.29) is 11.8 Å². The Morgan fingerprint density at radius 3 is 2.28 bits per heavy atom. The van der Waals surface area contributed by atoms with Crippen LogP contribution in [0.5, 0.6) is 0 Å². The first-order valence-electron chi connectivity index (χ1n) is 11.4. The van der Waals surface area contributed by atoms with Crippen molar-refractivity contribution in [3.63, 3.8) is 0 Å². The Balaban J connectivity index is 1.41. The van der Waals surface area contributed by atoms with Gasteiger partial charge in [-0.15, -0.1) is 23.1 Å². The first kappa shape index (κ1) is 25.2. The molecule has 7 heteroatoms. The minimum absolute atomic E-state index is 0.186. The fourth-order valence-corrected chi connectivity index (χ4v) is 5.38. The Morgan fingerprint density at radius 2 is 1.61 bits per heavy atom. The highest BCUT2D eigenvalue weighted by Crippen LogP contribution is 2.36. The van der Waals surface area contributed by atoms with Crippen LogP contribution >= 0.6 is 23.1 Å². The summed E-state index contributed by atoms with van der Waals surface area (Å²) in [5, 5.41) is 17.6. The van der Waals surface area contributed by atoms with E-state index in [1.165, 1.54) is 23.1 Å². The zero-order valence-corrected chi connectivity index (χ0v) is 21.8. The molecular formula is C29H25N3O2S2. The highest BCUT2D eigenvalue weighted by atomic mass is 32.2. The summed E-state index contributed by atoms with van der Waals surface area (Å²) >= 11 is 2.74. The van der Waals surface area contributed by atoms with Crippen molar-refractivity contribution in [3.05, 3.63) is 100 Å². The van der Waals surface area contributed by atoms with Crippen molar-refractivity contribution in [1.82, 2.24) is 0 Å². The molecule has 180 valence electrons. The van der Waals surface area contributed by atoms with E-state index in [1.807, 2.05) is 86.8 Å². The molecule has 0 saturated heterocycles. The van der Waals surface area contributed by atoms with Crippen LogP contribution in [0.3, 0.4) is 0 Å². The number of nitriles is 1. The van der Waals surface area contributed by atoms with E-state index in [2.05, 4.69) is 16.7 Å². The second-order valence-corrected chi connectivity index (χ2v) is 10.7. The SMILES string of the molecule is Cc1ccc(C(=O)Nc2cccc(SC(C)C(=O)Nc3scc(-c4ccc(C)cc4)c3C#N)c2)cc1. The largest absolute Gasteiger partial charge is 0.322 e. The summed E-state index contributed by atoms with van der Waals surface area (Å²) in [6.45, 7) is 5.81. The van der Waals surface area contributed by atoms with Crippen LogP contribution in [0.25, 0.3) is 11.1 Å². The number of anilines is 2. The van der Waals surface area contributed by atoms with E-state index in [1.54, 1.807) is 12.1 Å². The molecule has 5 nitrogen and oxygen atoms in total. The van der Waals surface area contributed by atoms with Crippen molar-refractivity contribution in [2.45, 2.75) is 30.9 Å². The molecule has 1 aromatic heterocycles. The first-order valence-corrected chi connectivity index (χ1v) is 13.1. The molecule has 1 heterocycles. The van der Waals surface area contributed by atoms with Crippen molar-refractivity contribution < 1.29 is 9.59 Å². The van der Waals surface area contributed by atoms with E-state index in [0.29, 0.717) is 21.8 Å². The van der Waals surface area contributed by atoms with Gasteiger partial charge in [0.1, 0.15) is 11.1 Å². The zero-order valence-electron chi connectivity index (χ0n) is 20.2. The van der Waals surface area contributed by atoms with Gasteiger partial charge in [-0.2, -0.15) is 5.26 Å². The second kappa shape index (κ2) is 11.3. The van der Waals surface area contributed by atoms with Crippen LogP contribution in [0.1, 0.15) is 34.0 Å². The van der Waals surface area contributed by atoms with Crippen LogP contribution in [0.2, 0.25) is 0 Å². The number of nitrogens with zero attached hydrogens (tertiary/aromatic N) is 1. The van der Waals surface area contributed by atoms with Gasteiger partial charge in [0.05, 0.1) is 10.8 Å². The molecule has 0 aliphatic carbocycles. The van der Waals surface area contributed by atoms with Crippen molar-refractivity contribution in [1.29, 1.82) is 5.26 Å². The molecule has 4 rings (SSSR count). The minimum Gasteiger partial charge on any atom is -0.322 e. The van der Waals surface area contributed by atoms with Crippen molar-refractivity contribution in [3.8, 4) is 17.2 Å². The molecule has 3 aromatic carbocycles. The van der Waals surface area contributed by atoms with Gasteiger partial charge in [0, 0.05) is 27.1 Å². The second-order valence-electron chi connectivity index (χ2n) is 8.43. The number of carbonyl (C=O) groups excluding carboxylic acids is 2. The number of hydrogen-bond donors (Lipinski definition) is 2. The normalized spacial score (nSPS) is 11.4. The maximum atomic E-state index is 12.9. The molecule has 0 saturated carbocycles. The topological polar surface area (TPSA) is 82.0 Å². The van der Waals surface area contributed by atoms with Gasteiger partial charge in [0.2, 0.25) is 5.91 Å². The summed E-state index contributed by atoms with van der Waals surface area (Å²) in [5.41, 5.74) is 5.71. The summed E-state index contributed by atoms with van der Waals surface area (Å²) in [7, 11) is 0. The quantitative estimate of drug-likeness (QED) is 0.256. The molecule has 2 amide bonds. The van der Waals surface area contributed by atoms with Gasteiger partial charge in [-0.1, -0.05) is 53.6 Å².